The molecule has 49 heavy (non-hydrogen) atoms. The molecule has 0 spiro atoms. The SMILES string of the molecule is N[C@@H]1[C@@H]2CC[C@H]1CN(C(=O)[C@@H](NS(=O)(=O)c1ccc3cc(OC4CCCC4)ccc3c1)C(F)(F)c1ccc(Cl)cc1)C2.O=C(O)C(F)(F)F. The van der Waals surface area contributed by atoms with E-state index in [-0.39, 0.29) is 47.0 Å². The molecule has 4 N–H and O–H groups in total. The van der Waals surface area contributed by atoms with Crippen LogP contribution >= 0.6 is 11.6 Å². The number of amides is 1. The van der Waals surface area contributed by atoms with E-state index in [1.165, 1.54) is 29.2 Å². The Kier molecular flexibility index (Phi) is 10.8. The van der Waals surface area contributed by atoms with E-state index in [2.05, 4.69) is 4.72 Å². The smallest absolute Gasteiger partial charge is 0.490 e. The number of ether oxygens (including phenoxy) is 1. The van der Waals surface area contributed by atoms with Gasteiger partial charge in [-0.3, -0.25) is 4.79 Å². The molecular weight excluding hydrogens is 697 g/mol. The van der Waals surface area contributed by atoms with Gasteiger partial charge in [0.15, 0.2) is 6.04 Å². The maximum atomic E-state index is 16.1. The molecule has 2 bridgehead atoms. The summed E-state index contributed by atoms with van der Waals surface area (Å²) in [4.78, 5) is 23.8. The number of halogens is 6. The van der Waals surface area contributed by atoms with Gasteiger partial charge in [-0.05, 0) is 97.5 Å². The van der Waals surface area contributed by atoms with E-state index >= 15 is 8.78 Å². The van der Waals surface area contributed by atoms with Crippen molar-refractivity contribution >= 4 is 44.3 Å². The minimum absolute atomic E-state index is 0.00265. The van der Waals surface area contributed by atoms with Crippen LogP contribution in [0.4, 0.5) is 22.0 Å². The topological polar surface area (TPSA) is 139 Å². The van der Waals surface area contributed by atoms with Gasteiger partial charge >= 0.3 is 12.1 Å². The number of alkyl halides is 5. The molecule has 3 aliphatic rings. The van der Waals surface area contributed by atoms with Crippen molar-refractivity contribution in [1.29, 1.82) is 0 Å². The number of carbonyl (C=O) groups excluding carboxylic acids is 1. The van der Waals surface area contributed by atoms with Gasteiger partial charge in [-0.25, -0.2) is 13.2 Å². The molecule has 0 radical (unpaired) electrons. The Morgan fingerprint density at radius 3 is 2.02 bits per heavy atom. The third-order valence-electron chi connectivity index (χ3n) is 9.27. The number of sulfonamides is 1. The molecule has 3 fully saturated rings. The van der Waals surface area contributed by atoms with E-state index in [0.717, 1.165) is 56.0 Å². The molecule has 1 saturated heterocycles. The van der Waals surface area contributed by atoms with Gasteiger partial charge in [0.25, 0.3) is 5.92 Å². The summed E-state index contributed by atoms with van der Waals surface area (Å²) in [7, 11) is -4.54. The zero-order valence-electron chi connectivity index (χ0n) is 26.0. The normalized spacial score (nSPS) is 22.0. The third kappa shape index (κ3) is 8.44. The van der Waals surface area contributed by atoms with E-state index in [0.29, 0.717) is 11.1 Å². The number of rotatable bonds is 8. The highest BCUT2D eigenvalue weighted by molar-refractivity contribution is 7.89. The predicted molar refractivity (Wildman–Crippen MR) is 171 cm³/mol. The van der Waals surface area contributed by atoms with E-state index < -0.39 is 45.6 Å². The number of benzene rings is 3. The molecular formula is C33H35ClF5N3O6S. The fourth-order valence-corrected chi connectivity index (χ4v) is 7.96. The summed E-state index contributed by atoms with van der Waals surface area (Å²) in [5.41, 5.74) is 5.75. The van der Waals surface area contributed by atoms with Gasteiger partial charge in [-0.1, -0.05) is 35.9 Å². The molecule has 9 nitrogen and oxygen atoms in total. The number of hydrogen-bond donors (Lipinski definition) is 3. The minimum Gasteiger partial charge on any atom is -0.490 e. The molecule has 6 rings (SSSR count). The molecule has 266 valence electrons. The summed E-state index contributed by atoms with van der Waals surface area (Å²) in [6.07, 6.45) is 1.00. The molecule has 0 unspecified atom stereocenters. The molecule has 2 aliphatic carbocycles. The Hall–Kier alpha value is -3.53. The molecule has 1 heterocycles. The van der Waals surface area contributed by atoms with Crippen molar-refractivity contribution in [3.05, 3.63) is 71.2 Å². The summed E-state index contributed by atoms with van der Waals surface area (Å²) < 4.78 is 99.3. The lowest BCUT2D eigenvalue weighted by molar-refractivity contribution is -0.192. The maximum absolute atomic E-state index is 16.1. The Balaban J connectivity index is 0.000000606. The van der Waals surface area contributed by atoms with Gasteiger partial charge in [0, 0.05) is 29.7 Å². The maximum Gasteiger partial charge on any atom is 0.490 e. The van der Waals surface area contributed by atoms with Crippen molar-refractivity contribution in [1.82, 2.24) is 9.62 Å². The third-order valence-corrected chi connectivity index (χ3v) is 10.9. The number of hydrogen-bond acceptors (Lipinski definition) is 6. The number of piperidine rings is 1. The van der Waals surface area contributed by atoms with Gasteiger partial charge < -0.3 is 20.5 Å². The van der Waals surface area contributed by atoms with Crippen LogP contribution in [-0.2, 0) is 25.5 Å². The highest BCUT2D eigenvalue weighted by Gasteiger charge is 2.52. The number of aliphatic carboxylic acids is 1. The molecule has 16 heteroatoms. The number of carboxylic acids is 1. The van der Waals surface area contributed by atoms with Crippen molar-refractivity contribution < 1.29 is 49.8 Å². The van der Waals surface area contributed by atoms with Gasteiger partial charge in [0.1, 0.15) is 5.75 Å². The number of nitrogens with one attached hydrogen (secondary N) is 1. The predicted octanol–water partition coefficient (Wildman–Crippen LogP) is 6.08. The zero-order chi connectivity index (χ0) is 35.7. The van der Waals surface area contributed by atoms with Gasteiger partial charge in [0.05, 0.1) is 11.0 Å². The first-order valence-electron chi connectivity index (χ1n) is 15.7. The fourth-order valence-electron chi connectivity index (χ4n) is 6.61. The van der Waals surface area contributed by atoms with Crippen LogP contribution in [0, 0.1) is 11.8 Å². The molecule has 1 aliphatic heterocycles. The number of likely N-dealkylation sites (tertiary alicyclic amines) is 1. The van der Waals surface area contributed by atoms with Crippen LogP contribution in [0.15, 0.2) is 65.6 Å². The Morgan fingerprint density at radius 2 is 1.45 bits per heavy atom. The largest absolute Gasteiger partial charge is 0.490 e. The Morgan fingerprint density at radius 1 is 0.898 bits per heavy atom. The van der Waals surface area contributed by atoms with Crippen LogP contribution in [0.3, 0.4) is 0 Å². The highest BCUT2D eigenvalue weighted by Crippen LogP contribution is 2.39. The van der Waals surface area contributed by atoms with E-state index in [1.54, 1.807) is 18.2 Å². The zero-order valence-corrected chi connectivity index (χ0v) is 27.6. The minimum atomic E-state index is -5.08. The number of fused-ring (bicyclic) bond motifs is 3. The highest BCUT2D eigenvalue weighted by atomic mass is 35.5. The Bertz CT molecular complexity index is 1770. The number of carboxylic acid groups (broad SMARTS) is 1. The van der Waals surface area contributed by atoms with Crippen LogP contribution in [0.5, 0.6) is 5.75 Å². The van der Waals surface area contributed by atoms with Crippen LogP contribution < -0.4 is 15.2 Å². The fraction of sp³-hybridized carbons (Fsp3) is 0.455. The second-order valence-electron chi connectivity index (χ2n) is 12.6. The molecule has 4 atom stereocenters. The van der Waals surface area contributed by atoms with E-state index in [4.69, 9.17) is 32.0 Å². The van der Waals surface area contributed by atoms with Crippen molar-refractivity contribution in [2.24, 2.45) is 17.6 Å². The summed E-state index contributed by atoms with van der Waals surface area (Å²) in [6.45, 7) is 0.430. The first kappa shape index (κ1) is 36.7. The van der Waals surface area contributed by atoms with Crippen molar-refractivity contribution in [3.63, 3.8) is 0 Å². The molecule has 3 aromatic rings. The van der Waals surface area contributed by atoms with Gasteiger partial charge in [0.2, 0.25) is 15.9 Å². The summed E-state index contributed by atoms with van der Waals surface area (Å²) in [5, 5.41) is 8.72. The summed E-state index contributed by atoms with van der Waals surface area (Å²) in [6, 6.07) is 12.1. The Labute approximate surface area is 284 Å². The lowest BCUT2D eigenvalue weighted by Gasteiger charge is -2.39. The molecule has 1 amide bonds. The van der Waals surface area contributed by atoms with Gasteiger partial charge in [-0.15, -0.1) is 0 Å². The quantitative estimate of drug-likeness (QED) is 0.239. The second kappa shape index (κ2) is 14.4. The first-order chi connectivity index (χ1) is 23.0. The average Bonchev–Trinajstić information content (AvgIpc) is 3.61. The van der Waals surface area contributed by atoms with Crippen LogP contribution in [0.1, 0.15) is 44.1 Å². The summed E-state index contributed by atoms with van der Waals surface area (Å²) in [5.74, 6) is -6.90. The monoisotopic (exact) mass is 731 g/mol. The molecule has 2 saturated carbocycles. The molecule has 0 aromatic heterocycles. The molecule has 3 aromatic carbocycles. The van der Waals surface area contributed by atoms with E-state index in [1.807, 2.05) is 6.07 Å². The van der Waals surface area contributed by atoms with Crippen LogP contribution in [-0.4, -0.2) is 67.8 Å². The van der Waals surface area contributed by atoms with E-state index in [9.17, 15) is 26.4 Å². The number of carbonyl (C=O) groups is 2. The van der Waals surface area contributed by atoms with Gasteiger partial charge in [-0.2, -0.15) is 26.7 Å². The summed E-state index contributed by atoms with van der Waals surface area (Å²) >= 11 is 5.91. The lowest BCUT2D eigenvalue weighted by atomic mass is 9.92. The number of nitrogens with zero attached hydrogens (tertiary/aromatic N) is 1. The van der Waals surface area contributed by atoms with Crippen molar-refractivity contribution in [2.45, 2.75) is 73.7 Å². The van der Waals surface area contributed by atoms with Crippen LogP contribution in [0.2, 0.25) is 5.02 Å². The second-order valence-corrected chi connectivity index (χ2v) is 14.8. The van der Waals surface area contributed by atoms with Crippen molar-refractivity contribution in [2.75, 3.05) is 13.1 Å². The standard InChI is InChI=1S/C31H34ClF2N3O4S.C2HF3O2/c32-24-11-9-23(10-12-24)31(33,34)29(30(38)37-17-21-5-6-22(18-37)28(21)35)36-42(39,40)27-14-8-19-15-26(13-7-20(19)16-27)41-25-3-1-2-4-25;3-2(4,5)1(6)7/h7-16,21-22,25,28-29,36H,1-6,17-18,35H2;(H,6,7)/t21-,22+,28-,29-;/m1./s1. The van der Waals surface area contributed by atoms with Crippen molar-refractivity contribution in [3.8, 4) is 5.75 Å². The van der Waals surface area contributed by atoms with Crippen LogP contribution in [0.25, 0.3) is 10.8 Å². The first-order valence-corrected chi connectivity index (χ1v) is 17.5. The average molecular weight is 732 g/mol. The lowest BCUT2D eigenvalue weighted by Crippen LogP contribution is -2.60. The number of nitrogens with two attached hydrogens (primary N) is 1.